The minimum Gasteiger partial charge on any atom is -0.481 e. The molecule has 0 saturated carbocycles. The van der Waals surface area contributed by atoms with Crippen molar-refractivity contribution in [3.05, 3.63) is 0 Å². The van der Waals surface area contributed by atoms with E-state index in [9.17, 15) is 9.59 Å². The van der Waals surface area contributed by atoms with Gasteiger partial charge in [-0.15, -0.1) is 0 Å². The summed E-state index contributed by atoms with van der Waals surface area (Å²) in [6.07, 6.45) is 2.12. The van der Waals surface area contributed by atoms with Crippen molar-refractivity contribution in [3.63, 3.8) is 0 Å². The molecule has 0 spiro atoms. The molecule has 1 rings (SSSR count). The Morgan fingerprint density at radius 3 is 2.43 bits per heavy atom. The van der Waals surface area contributed by atoms with Crippen molar-refractivity contribution in [2.45, 2.75) is 39.5 Å². The van der Waals surface area contributed by atoms with Crippen LogP contribution in [0.4, 0.5) is 0 Å². The standard InChI is InChI=1S/C15H28N2O4/c1-11(2)7-12(8-13(18)19)9-17-14(20)15(10-16)3-5-21-6-4-15/h11-12H,3-10,16H2,1-2H3,(H,17,20)(H,18,19). The van der Waals surface area contributed by atoms with Crippen LogP contribution >= 0.6 is 0 Å². The summed E-state index contributed by atoms with van der Waals surface area (Å²) in [4.78, 5) is 23.3. The van der Waals surface area contributed by atoms with Crippen molar-refractivity contribution in [2.24, 2.45) is 23.0 Å². The highest BCUT2D eigenvalue weighted by Gasteiger charge is 2.38. The normalized spacial score (nSPS) is 19.2. The predicted molar refractivity (Wildman–Crippen MR) is 79.7 cm³/mol. The molecule has 0 aromatic carbocycles. The number of hydrogen-bond donors (Lipinski definition) is 3. The maximum Gasteiger partial charge on any atom is 0.303 e. The molecule has 1 fully saturated rings. The van der Waals surface area contributed by atoms with Gasteiger partial charge in [0.2, 0.25) is 5.91 Å². The molecule has 1 saturated heterocycles. The molecular formula is C15H28N2O4. The lowest BCUT2D eigenvalue weighted by Gasteiger charge is -2.35. The Bertz CT molecular complexity index is 352. The molecule has 0 aliphatic carbocycles. The molecule has 1 amide bonds. The smallest absolute Gasteiger partial charge is 0.303 e. The number of amides is 1. The van der Waals surface area contributed by atoms with Gasteiger partial charge in [0.25, 0.3) is 0 Å². The van der Waals surface area contributed by atoms with Gasteiger partial charge in [0, 0.05) is 32.7 Å². The molecule has 122 valence electrons. The van der Waals surface area contributed by atoms with Crippen molar-refractivity contribution >= 4 is 11.9 Å². The van der Waals surface area contributed by atoms with E-state index in [0.29, 0.717) is 45.1 Å². The fraction of sp³-hybridized carbons (Fsp3) is 0.867. The molecule has 0 bridgehead atoms. The maximum atomic E-state index is 12.4. The third-order valence-corrected chi connectivity index (χ3v) is 4.14. The SMILES string of the molecule is CC(C)CC(CNC(=O)C1(CN)CCOCC1)CC(=O)O. The van der Waals surface area contributed by atoms with Crippen molar-refractivity contribution in [3.8, 4) is 0 Å². The summed E-state index contributed by atoms with van der Waals surface area (Å²) >= 11 is 0. The number of ether oxygens (including phenoxy) is 1. The van der Waals surface area contributed by atoms with Gasteiger partial charge in [0.05, 0.1) is 5.41 Å². The van der Waals surface area contributed by atoms with E-state index in [4.69, 9.17) is 15.6 Å². The summed E-state index contributed by atoms with van der Waals surface area (Å²) in [5.74, 6) is -0.527. The van der Waals surface area contributed by atoms with Gasteiger partial charge in [-0.05, 0) is 31.1 Å². The topological polar surface area (TPSA) is 102 Å². The Labute approximate surface area is 126 Å². The van der Waals surface area contributed by atoms with Crippen LogP contribution < -0.4 is 11.1 Å². The lowest BCUT2D eigenvalue weighted by molar-refractivity contribution is -0.139. The molecule has 4 N–H and O–H groups in total. The molecule has 1 heterocycles. The second-order valence-electron chi connectivity index (χ2n) is 6.40. The molecule has 1 aliphatic rings. The van der Waals surface area contributed by atoms with E-state index >= 15 is 0 Å². The summed E-state index contributed by atoms with van der Waals surface area (Å²) in [5.41, 5.74) is 5.24. The summed E-state index contributed by atoms with van der Waals surface area (Å²) < 4.78 is 5.29. The highest BCUT2D eigenvalue weighted by atomic mass is 16.5. The lowest BCUT2D eigenvalue weighted by Crippen LogP contribution is -2.50. The average Bonchev–Trinajstić information content (AvgIpc) is 2.44. The van der Waals surface area contributed by atoms with Gasteiger partial charge in [0.15, 0.2) is 0 Å². The summed E-state index contributed by atoms with van der Waals surface area (Å²) in [6.45, 7) is 5.90. The zero-order valence-electron chi connectivity index (χ0n) is 13.1. The molecule has 6 nitrogen and oxygen atoms in total. The molecule has 1 atom stereocenters. The van der Waals surface area contributed by atoms with Crippen molar-refractivity contribution in [2.75, 3.05) is 26.3 Å². The van der Waals surface area contributed by atoms with E-state index in [1.54, 1.807) is 0 Å². The Morgan fingerprint density at radius 2 is 1.95 bits per heavy atom. The molecule has 6 heteroatoms. The van der Waals surface area contributed by atoms with Crippen molar-refractivity contribution in [1.82, 2.24) is 5.32 Å². The first-order valence-electron chi connectivity index (χ1n) is 7.67. The monoisotopic (exact) mass is 300 g/mol. The zero-order chi connectivity index (χ0) is 15.9. The average molecular weight is 300 g/mol. The quantitative estimate of drug-likeness (QED) is 0.620. The number of nitrogens with two attached hydrogens (primary N) is 1. The minimum atomic E-state index is -0.825. The van der Waals surface area contributed by atoms with Crippen LogP contribution in [0.25, 0.3) is 0 Å². The summed E-state index contributed by atoms with van der Waals surface area (Å²) in [6, 6.07) is 0. The fourth-order valence-electron chi connectivity index (χ4n) is 2.86. The van der Waals surface area contributed by atoms with Crippen LogP contribution in [0.15, 0.2) is 0 Å². The predicted octanol–water partition coefficient (Wildman–Crippen LogP) is 0.995. The van der Waals surface area contributed by atoms with Gasteiger partial charge in [0.1, 0.15) is 0 Å². The van der Waals surface area contributed by atoms with E-state index in [-0.39, 0.29) is 18.2 Å². The van der Waals surface area contributed by atoms with E-state index < -0.39 is 11.4 Å². The number of carbonyl (C=O) groups excluding carboxylic acids is 1. The number of carboxylic acid groups (broad SMARTS) is 1. The van der Waals surface area contributed by atoms with Crippen LogP contribution in [0.1, 0.15) is 39.5 Å². The maximum absolute atomic E-state index is 12.4. The third kappa shape index (κ3) is 5.63. The molecule has 0 aromatic rings. The van der Waals surface area contributed by atoms with E-state index in [2.05, 4.69) is 19.2 Å². The van der Waals surface area contributed by atoms with Crippen molar-refractivity contribution in [1.29, 1.82) is 0 Å². The van der Waals surface area contributed by atoms with Gasteiger partial charge in [-0.3, -0.25) is 9.59 Å². The molecule has 0 aromatic heterocycles. The van der Waals surface area contributed by atoms with Crippen LogP contribution in [-0.2, 0) is 14.3 Å². The first-order valence-corrected chi connectivity index (χ1v) is 7.67. The van der Waals surface area contributed by atoms with Gasteiger partial charge in [-0.2, -0.15) is 0 Å². The van der Waals surface area contributed by atoms with E-state index in [0.717, 1.165) is 6.42 Å². The first-order chi connectivity index (χ1) is 9.89. The minimum absolute atomic E-state index is 0.0406. The number of aliphatic carboxylic acids is 1. The summed E-state index contributed by atoms with van der Waals surface area (Å²) in [7, 11) is 0. The van der Waals surface area contributed by atoms with Crippen molar-refractivity contribution < 1.29 is 19.4 Å². The van der Waals surface area contributed by atoms with Crippen LogP contribution in [0.2, 0.25) is 0 Å². The molecule has 21 heavy (non-hydrogen) atoms. The highest BCUT2D eigenvalue weighted by Crippen LogP contribution is 2.29. The Kier molecular flexibility index (Phi) is 7.11. The number of nitrogens with one attached hydrogen (secondary N) is 1. The van der Waals surface area contributed by atoms with Gasteiger partial charge in [-0.1, -0.05) is 13.8 Å². The van der Waals surface area contributed by atoms with E-state index in [1.165, 1.54) is 0 Å². The second kappa shape index (κ2) is 8.34. The molecule has 1 aliphatic heterocycles. The lowest BCUT2D eigenvalue weighted by atomic mass is 9.79. The van der Waals surface area contributed by atoms with Gasteiger partial charge >= 0.3 is 5.97 Å². The van der Waals surface area contributed by atoms with Gasteiger partial charge in [-0.25, -0.2) is 0 Å². The van der Waals surface area contributed by atoms with Crippen LogP contribution in [0, 0.1) is 17.3 Å². The van der Waals surface area contributed by atoms with Crippen LogP contribution in [-0.4, -0.2) is 43.3 Å². The number of carboxylic acids is 1. The third-order valence-electron chi connectivity index (χ3n) is 4.14. The first kappa shape index (κ1) is 17.9. The molecule has 0 radical (unpaired) electrons. The Balaban J connectivity index is 2.56. The van der Waals surface area contributed by atoms with E-state index in [1.807, 2.05) is 0 Å². The summed E-state index contributed by atoms with van der Waals surface area (Å²) in [5, 5.41) is 11.9. The Morgan fingerprint density at radius 1 is 1.33 bits per heavy atom. The highest BCUT2D eigenvalue weighted by molar-refractivity contribution is 5.83. The molecular weight excluding hydrogens is 272 g/mol. The van der Waals surface area contributed by atoms with Gasteiger partial charge < -0.3 is 20.9 Å². The zero-order valence-corrected chi connectivity index (χ0v) is 13.1. The number of rotatable bonds is 8. The second-order valence-corrected chi connectivity index (χ2v) is 6.40. The van der Waals surface area contributed by atoms with Crippen LogP contribution in [0.3, 0.4) is 0 Å². The Hall–Kier alpha value is -1.14. The largest absolute Gasteiger partial charge is 0.481 e. The van der Waals surface area contributed by atoms with Crippen LogP contribution in [0.5, 0.6) is 0 Å². The number of hydrogen-bond acceptors (Lipinski definition) is 4. The molecule has 1 unspecified atom stereocenters. The fourth-order valence-corrected chi connectivity index (χ4v) is 2.86. The number of carbonyl (C=O) groups is 2.